The normalized spacial score (nSPS) is 11.3. The molecule has 318 valence electrons. The molecule has 0 amide bonds. The number of halogens is 2. The minimum Gasteiger partial charge on any atom is -0.492 e. The molecule has 0 saturated carbocycles. The van der Waals surface area contributed by atoms with Crippen LogP contribution >= 0.6 is 45.2 Å². The van der Waals surface area contributed by atoms with Crippen LogP contribution in [0.3, 0.4) is 0 Å². The van der Waals surface area contributed by atoms with Gasteiger partial charge in [0.05, 0.1) is 44.7 Å². The van der Waals surface area contributed by atoms with Crippen LogP contribution in [0.1, 0.15) is 169 Å². The minimum atomic E-state index is -0.0134. The van der Waals surface area contributed by atoms with E-state index in [0.717, 1.165) is 115 Å². The topological polar surface area (TPSA) is 54.0 Å². The smallest absolute Gasteiger partial charge is 0.194 e. The fourth-order valence-corrected chi connectivity index (χ4v) is 8.27. The summed E-state index contributed by atoms with van der Waals surface area (Å²) in [7, 11) is 0. The van der Waals surface area contributed by atoms with Crippen LogP contribution in [0.4, 0.5) is 0 Å². The molecule has 5 rings (SSSR count). The van der Waals surface area contributed by atoms with E-state index in [2.05, 4.69) is 96.6 Å². The van der Waals surface area contributed by atoms with E-state index in [4.69, 9.17) is 18.9 Å². The van der Waals surface area contributed by atoms with Crippen molar-refractivity contribution in [3.05, 3.63) is 101 Å². The molecule has 7 heteroatoms. The average Bonchev–Trinajstić information content (AvgIpc) is 3.53. The SMILES string of the molecule is CCCCCCOc1cc(C#Cc2ccc3c(c2)C(=O)c2cc(C#Cc4cc(OCCCCCC)c(I)cc4OCCCCCC)ccc2-3)c(OCCCCCC)cc1I. The van der Waals surface area contributed by atoms with Gasteiger partial charge >= 0.3 is 0 Å². The van der Waals surface area contributed by atoms with Crippen molar-refractivity contribution < 1.29 is 23.7 Å². The highest BCUT2D eigenvalue weighted by Gasteiger charge is 2.27. The van der Waals surface area contributed by atoms with Gasteiger partial charge in [-0.25, -0.2) is 0 Å². The Morgan fingerprint density at radius 3 is 1.10 bits per heavy atom. The summed E-state index contributed by atoms with van der Waals surface area (Å²) in [5.41, 5.74) is 6.27. The second kappa shape index (κ2) is 26.0. The fraction of sp³-hybridized carbons (Fsp3) is 0.453. The van der Waals surface area contributed by atoms with E-state index in [0.29, 0.717) is 37.6 Å². The maximum absolute atomic E-state index is 14.0. The van der Waals surface area contributed by atoms with Crippen molar-refractivity contribution in [2.75, 3.05) is 26.4 Å². The molecule has 0 fully saturated rings. The molecule has 0 radical (unpaired) electrons. The van der Waals surface area contributed by atoms with E-state index in [9.17, 15) is 4.79 Å². The van der Waals surface area contributed by atoms with Crippen LogP contribution in [-0.2, 0) is 0 Å². The number of fused-ring (bicyclic) bond motifs is 3. The van der Waals surface area contributed by atoms with Gasteiger partial charge in [0, 0.05) is 34.4 Å². The number of hydrogen-bond acceptors (Lipinski definition) is 5. The molecule has 0 spiro atoms. The van der Waals surface area contributed by atoms with Crippen LogP contribution in [0.15, 0.2) is 60.7 Å². The molecule has 5 nitrogen and oxygen atoms in total. The second-order valence-corrected chi connectivity index (χ2v) is 17.9. The van der Waals surface area contributed by atoms with Gasteiger partial charge in [0.25, 0.3) is 0 Å². The lowest BCUT2D eigenvalue weighted by atomic mass is 10.0. The first-order valence-corrected chi connectivity index (χ1v) is 24.6. The van der Waals surface area contributed by atoms with E-state index >= 15 is 0 Å². The third-order valence-corrected chi connectivity index (χ3v) is 12.3. The van der Waals surface area contributed by atoms with Gasteiger partial charge in [-0.2, -0.15) is 0 Å². The van der Waals surface area contributed by atoms with Crippen LogP contribution in [0.25, 0.3) is 11.1 Å². The van der Waals surface area contributed by atoms with Crippen LogP contribution in [0, 0.1) is 30.8 Å². The maximum atomic E-state index is 14.0. The number of hydrogen-bond donors (Lipinski definition) is 0. The highest BCUT2D eigenvalue weighted by molar-refractivity contribution is 14.1. The van der Waals surface area contributed by atoms with Crippen molar-refractivity contribution in [1.29, 1.82) is 0 Å². The summed E-state index contributed by atoms with van der Waals surface area (Å²) in [5, 5.41) is 0. The molecular weight excluding hydrogens is 970 g/mol. The molecule has 0 atom stereocenters. The van der Waals surface area contributed by atoms with Crippen LogP contribution < -0.4 is 18.9 Å². The van der Waals surface area contributed by atoms with Gasteiger partial charge in [0.1, 0.15) is 23.0 Å². The first-order valence-electron chi connectivity index (χ1n) is 22.4. The first-order chi connectivity index (χ1) is 29.4. The number of carbonyl (C=O) groups is 1. The number of ketones is 1. The Labute approximate surface area is 387 Å². The fourth-order valence-electron chi connectivity index (χ4n) is 7.08. The summed E-state index contributed by atoms with van der Waals surface area (Å²) in [6.45, 7) is 11.5. The largest absolute Gasteiger partial charge is 0.492 e. The van der Waals surface area contributed by atoms with E-state index < -0.39 is 0 Å². The van der Waals surface area contributed by atoms with Crippen LogP contribution in [-0.4, -0.2) is 32.2 Å². The number of unbranched alkanes of at least 4 members (excludes halogenated alkanes) is 12. The van der Waals surface area contributed by atoms with Gasteiger partial charge in [0.2, 0.25) is 0 Å². The summed E-state index contributed by atoms with van der Waals surface area (Å²) in [5.74, 6) is 16.6. The highest BCUT2D eigenvalue weighted by Crippen LogP contribution is 2.38. The molecule has 4 aromatic rings. The number of carbonyl (C=O) groups excluding carboxylic acids is 1. The second-order valence-electron chi connectivity index (χ2n) is 15.5. The number of benzene rings is 4. The number of rotatable bonds is 24. The third-order valence-electron chi connectivity index (χ3n) is 10.6. The lowest BCUT2D eigenvalue weighted by molar-refractivity contribution is 0.104. The maximum Gasteiger partial charge on any atom is 0.194 e. The summed E-state index contributed by atoms with van der Waals surface area (Å²) in [4.78, 5) is 14.0. The zero-order valence-electron chi connectivity index (χ0n) is 36.2. The summed E-state index contributed by atoms with van der Waals surface area (Å²) in [6, 6.07) is 19.9. The van der Waals surface area contributed by atoms with Crippen molar-refractivity contribution in [2.24, 2.45) is 0 Å². The Hall–Kier alpha value is -3.67. The van der Waals surface area contributed by atoms with Gasteiger partial charge in [0.15, 0.2) is 5.78 Å². The molecule has 0 saturated heterocycles. The zero-order valence-corrected chi connectivity index (χ0v) is 40.5. The molecular formula is C53H62I2O5. The van der Waals surface area contributed by atoms with Crippen molar-refractivity contribution in [1.82, 2.24) is 0 Å². The molecule has 0 aromatic heterocycles. The number of ether oxygens (including phenoxy) is 4. The molecule has 0 unspecified atom stereocenters. The first kappa shape index (κ1) is 47.4. The van der Waals surface area contributed by atoms with Gasteiger partial charge < -0.3 is 18.9 Å². The monoisotopic (exact) mass is 1030 g/mol. The predicted octanol–water partition coefficient (Wildman–Crippen LogP) is 14.7. The summed E-state index contributed by atoms with van der Waals surface area (Å²) in [6.07, 6.45) is 18.2. The highest BCUT2D eigenvalue weighted by atomic mass is 127. The van der Waals surface area contributed by atoms with Gasteiger partial charge in [-0.15, -0.1) is 0 Å². The molecule has 4 aromatic carbocycles. The Morgan fingerprint density at radius 1 is 0.400 bits per heavy atom. The van der Waals surface area contributed by atoms with Gasteiger partial charge in [-0.3, -0.25) is 4.79 Å². The van der Waals surface area contributed by atoms with Crippen LogP contribution in [0.5, 0.6) is 23.0 Å². The van der Waals surface area contributed by atoms with Crippen LogP contribution in [0.2, 0.25) is 0 Å². The molecule has 0 bridgehead atoms. The molecule has 1 aliphatic carbocycles. The quantitative estimate of drug-likeness (QED) is 0.0350. The van der Waals surface area contributed by atoms with Crippen molar-refractivity contribution in [3.8, 4) is 57.8 Å². The third kappa shape index (κ3) is 14.2. The van der Waals surface area contributed by atoms with Crippen molar-refractivity contribution in [2.45, 2.75) is 130 Å². The molecule has 1 aliphatic rings. The molecule has 0 N–H and O–H groups in total. The van der Waals surface area contributed by atoms with E-state index in [1.807, 2.05) is 60.7 Å². The predicted molar refractivity (Wildman–Crippen MR) is 264 cm³/mol. The Morgan fingerprint density at radius 2 is 0.750 bits per heavy atom. The Balaban J connectivity index is 1.36. The zero-order chi connectivity index (χ0) is 42.5. The Bertz CT molecular complexity index is 2000. The van der Waals surface area contributed by atoms with Gasteiger partial charge in [-0.05, 0) is 118 Å². The minimum absolute atomic E-state index is 0.0134. The molecule has 0 aliphatic heterocycles. The Kier molecular flexibility index (Phi) is 20.5. The lowest BCUT2D eigenvalue weighted by Gasteiger charge is -2.13. The van der Waals surface area contributed by atoms with Gasteiger partial charge in [-0.1, -0.05) is 141 Å². The average molecular weight is 1030 g/mol. The standard InChI is InChI=1S/C53H62I2O5/c1-5-9-13-17-29-57-49-37-47(54)51(59-31-19-15-11-7-3)35-41(49)25-21-39-23-27-43-44-28-24-40(34-46(44)53(56)45(43)33-39)22-26-42-36-52(60-32-20-16-12-8-4)48(55)38-50(42)58-30-18-14-10-6-2/h23-24,27-28,33-38H,5-20,29-32H2,1-4H3. The summed E-state index contributed by atoms with van der Waals surface area (Å²) >= 11 is 4.65. The van der Waals surface area contributed by atoms with E-state index in [1.54, 1.807) is 0 Å². The molecule has 60 heavy (non-hydrogen) atoms. The van der Waals surface area contributed by atoms with E-state index in [1.165, 1.54) is 51.4 Å². The van der Waals surface area contributed by atoms with Crippen molar-refractivity contribution >= 4 is 51.0 Å². The van der Waals surface area contributed by atoms with Crippen molar-refractivity contribution in [3.63, 3.8) is 0 Å². The molecule has 0 heterocycles. The lowest BCUT2D eigenvalue weighted by Crippen LogP contribution is -2.03. The van der Waals surface area contributed by atoms with E-state index in [-0.39, 0.29) is 5.78 Å². The summed E-state index contributed by atoms with van der Waals surface area (Å²) < 4.78 is 27.1.